The van der Waals surface area contributed by atoms with Crippen LogP contribution in [0.25, 0.3) is 0 Å². The minimum Gasteiger partial charge on any atom is -0.312 e. The first-order chi connectivity index (χ1) is 8.43. The summed E-state index contributed by atoms with van der Waals surface area (Å²) < 4.78 is 13.7. The maximum atomic E-state index is 13.7. The van der Waals surface area contributed by atoms with Crippen LogP contribution in [0.1, 0.15) is 26.3 Å². The van der Waals surface area contributed by atoms with Gasteiger partial charge in [-0.05, 0) is 18.4 Å². The fourth-order valence-electron chi connectivity index (χ4n) is 1.51. The molecular weight excluding hydrogens is 235 g/mol. The van der Waals surface area contributed by atoms with Crippen LogP contribution in [-0.2, 0) is 6.54 Å². The van der Waals surface area contributed by atoms with Gasteiger partial charge < -0.3 is 5.32 Å². The van der Waals surface area contributed by atoms with Crippen molar-refractivity contribution < 1.29 is 9.31 Å². The van der Waals surface area contributed by atoms with Crippen molar-refractivity contribution >= 4 is 5.69 Å². The summed E-state index contributed by atoms with van der Waals surface area (Å²) in [7, 11) is 0. The number of rotatable bonds is 6. The predicted octanol–water partition coefficient (Wildman–Crippen LogP) is 3.12. The molecule has 18 heavy (non-hydrogen) atoms. The molecule has 0 aliphatic rings. The van der Waals surface area contributed by atoms with E-state index < -0.39 is 16.4 Å². The average molecular weight is 254 g/mol. The topological polar surface area (TPSA) is 55.2 Å². The van der Waals surface area contributed by atoms with Crippen molar-refractivity contribution in [3.05, 3.63) is 39.7 Å². The molecule has 1 aromatic carbocycles. The van der Waals surface area contributed by atoms with Gasteiger partial charge in [0.1, 0.15) is 0 Å². The molecule has 0 saturated carbocycles. The summed E-state index contributed by atoms with van der Waals surface area (Å²) in [5.41, 5.74) is -0.133. The summed E-state index contributed by atoms with van der Waals surface area (Å²) in [5, 5.41) is 13.7. The normalized spacial score (nSPS) is 12.7. The Balaban J connectivity index is 2.63. The maximum absolute atomic E-state index is 13.7. The van der Waals surface area contributed by atoms with E-state index in [0.29, 0.717) is 23.9 Å². The summed E-state index contributed by atoms with van der Waals surface area (Å²) in [5.74, 6) is 0.284. The quantitative estimate of drug-likeness (QED) is 0.627. The van der Waals surface area contributed by atoms with Crippen LogP contribution in [-0.4, -0.2) is 11.5 Å². The lowest BCUT2D eigenvalue weighted by molar-refractivity contribution is -0.387. The highest BCUT2D eigenvalue weighted by Crippen LogP contribution is 2.20. The van der Waals surface area contributed by atoms with Gasteiger partial charge in [-0.2, -0.15) is 4.39 Å². The number of nitro benzene ring substituents is 1. The van der Waals surface area contributed by atoms with Gasteiger partial charge in [0.2, 0.25) is 5.82 Å². The second kappa shape index (κ2) is 6.44. The van der Waals surface area contributed by atoms with E-state index in [1.807, 2.05) is 0 Å². The molecule has 5 heteroatoms. The molecule has 1 N–H and O–H groups in total. The Morgan fingerprint density at radius 2 is 2.06 bits per heavy atom. The minimum atomic E-state index is -0.743. The second-order valence-electron chi connectivity index (χ2n) is 4.86. The average Bonchev–Trinajstić information content (AvgIpc) is 2.30. The van der Waals surface area contributed by atoms with Crippen molar-refractivity contribution in [1.82, 2.24) is 5.32 Å². The summed E-state index contributed by atoms with van der Waals surface area (Å²) in [6.07, 6.45) is 0. The van der Waals surface area contributed by atoms with E-state index in [2.05, 4.69) is 26.1 Å². The number of hydrogen-bond acceptors (Lipinski definition) is 3. The SMILES string of the molecule is CC(C)C(C)CNCc1cccc([N+](=O)[O-])c1F. The molecule has 1 unspecified atom stereocenters. The van der Waals surface area contributed by atoms with E-state index in [1.54, 1.807) is 6.07 Å². The van der Waals surface area contributed by atoms with E-state index in [4.69, 9.17) is 0 Å². The predicted molar refractivity (Wildman–Crippen MR) is 68.8 cm³/mol. The van der Waals surface area contributed by atoms with E-state index in [1.165, 1.54) is 12.1 Å². The first-order valence-corrected chi connectivity index (χ1v) is 6.06. The van der Waals surface area contributed by atoms with Crippen molar-refractivity contribution in [3.63, 3.8) is 0 Å². The van der Waals surface area contributed by atoms with Crippen LogP contribution < -0.4 is 5.32 Å². The molecule has 1 rings (SSSR count). The van der Waals surface area contributed by atoms with Crippen LogP contribution >= 0.6 is 0 Å². The number of halogens is 1. The highest BCUT2D eigenvalue weighted by molar-refractivity contribution is 5.36. The number of benzene rings is 1. The van der Waals surface area contributed by atoms with Gasteiger partial charge in [-0.15, -0.1) is 0 Å². The van der Waals surface area contributed by atoms with E-state index in [0.717, 1.165) is 6.54 Å². The lowest BCUT2D eigenvalue weighted by atomic mass is 9.98. The van der Waals surface area contributed by atoms with Gasteiger partial charge in [-0.3, -0.25) is 10.1 Å². The molecule has 0 spiro atoms. The van der Waals surface area contributed by atoms with Gasteiger partial charge in [0.05, 0.1) is 4.92 Å². The number of hydrogen-bond donors (Lipinski definition) is 1. The van der Waals surface area contributed by atoms with Crippen LogP contribution in [0.15, 0.2) is 18.2 Å². The molecular formula is C13H19FN2O2. The second-order valence-corrected chi connectivity index (χ2v) is 4.86. The molecule has 0 aromatic heterocycles. The molecule has 0 heterocycles. The van der Waals surface area contributed by atoms with E-state index >= 15 is 0 Å². The molecule has 1 aromatic rings. The summed E-state index contributed by atoms with van der Waals surface area (Å²) in [6.45, 7) is 7.44. The lowest BCUT2D eigenvalue weighted by Crippen LogP contribution is -2.24. The fraction of sp³-hybridized carbons (Fsp3) is 0.538. The molecule has 4 nitrogen and oxygen atoms in total. The first kappa shape index (κ1) is 14.6. The molecule has 0 saturated heterocycles. The van der Waals surface area contributed by atoms with Gasteiger partial charge in [-0.1, -0.05) is 32.9 Å². The third-order valence-electron chi connectivity index (χ3n) is 3.17. The monoisotopic (exact) mass is 254 g/mol. The smallest absolute Gasteiger partial charge is 0.305 e. The van der Waals surface area contributed by atoms with Gasteiger partial charge in [0.15, 0.2) is 0 Å². The summed E-state index contributed by atoms with van der Waals surface area (Å²) in [6, 6.07) is 4.25. The largest absolute Gasteiger partial charge is 0.312 e. The van der Waals surface area contributed by atoms with Gasteiger partial charge in [0.25, 0.3) is 0 Å². The minimum absolute atomic E-state index is 0.310. The molecule has 0 aliphatic carbocycles. The number of nitrogens with zero attached hydrogens (tertiary/aromatic N) is 1. The Labute approximate surface area is 106 Å². The van der Waals surface area contributed by atoms with Crippen LogP contribution in [0.3, 0.4) is 0 Å². The summed E-state index contributed by atoms with van der Waals surface area (Å²) in [4.78, 5) is 9.89. The zero-order valence-electron chi connectivity index (χ0n) is 10.9. The number of nitrogens with one attached hydrogen (secondary N) is 1. The molecule has 0 aliphatic heterocycles. The standard InChI is InChI=1S/C13H19FN2O2/c1-9(2)10(3)7-15-8-11-5-4-6-12(13(11)14)16(17)18/h4-6,9-10,15H,7-8H2,1-3H3. The van der Waals surface area contributed by atoms with Crippen LogP contribution in [0.2, 0.25) is 0 Å². The zero-order chi connectivity index (χ0) is 13.7. The lowest BCUT2D eigenvalue weighted by Gasteiger charge is -2.16. The molecule has 1 atom stereocenters. The Morgan fingerprint density at radius 3 is 2.61 bits per heavy atom. The van der Waals surface area contributed by atoms with Crippen molar-refractivity contribution in [2.24, 2.45) is 11.8 Å². The van der Waals surface area contributed by atoms with E-state index in [-0.39, 0.29) is 0 Å². The molecule has 0 amide bonds. The molecule has 0 fully saturated rings. The molecule has 0 bridgehead atoms. The van der Waals surface area contributed by atoms with Crippen molar-refractivity contribution in [3.8, 4) is 0 Å². The zero-order valence-corrected chi connectivity index (χ0v) is 10.9. The van der Waals surface area contributed by atoms with Crippen LogP contribution in [0, 0.1) is 27.8 Å². The third kappa shape index (κ3) is 3.77. The fourth-order valence-corrected chi connectivity index (χ4v) is 1.51. The first-order valence-electron chi connectivity index (χ1n) is 6.06. The van der Waals surface area contributed by atoms with Gasteiger partial charge >= 0.3 is 5.69 Å². The Bertz CT molecular complexity index is 421. The van der Waals surface area contributed by atoms with Gasteiger partial charge in [-0.25, -0.2) is 0 Å². The maximum Gasteiger partial charge on any atom is 0.305 e. The van der Waals surface area contributed by atoms with Crippen LogP contribution in [0.5, 0.6) is 0 Å². The van der Waals surface area contributed by atoms with Gasteiger partial charge in [0, 0.05) is 18.2 Å². The Morgan fingerprint density at radius 1 is 1.39 bits per heavy atom. The Hall–Kier alpha value is -1.49. The highest BCUT2D eigenvalue weighted by Gasteiger charge is 2.17. The Kier molecular flexibility index (Phi) is 5.22. The van der Waals surface area contributed by atoms with Crippen LogP contribution in [0.4, 0.5) is 10.1 Å². The molecule has 0 radical (unpaired) electrons. The highest BCUT2D eigenvalue weighted by atomic mass is 19.1. The van der Waals surface area contributed by atoms with Crippen molar-refractivity contribution in [2.45, 2.75) is 27.3 Å². The summed E-state index contributed by atoms with van der Waals surface area (Å²) >= 11 is 0. The van der Waals surface area contributed by atoms with Crippen molar-refractivity contribution in [1.29, 1.82) is 0 Å². The molecule has 100 valence electrons. The van der Waals surface area contributed by atoms with Crippen molar-refractivity contribution in [2.75, 3.05) is 6.54 Å². The third-order valence-corrected chi connectivity index (χ3v) is 3.17. The number of nitro groups is 1. The van der Waals surface area contributed by atoms with E-state index in [9.17, 15) is 14.5 Å².